The molecular weight excluding hydrogens is 384 g/mol. The molecule has 1 unspecified atom stereocenters. The summed E-state index contributed by atoms with van der Waals surface area (Å²) in [7, 11) is 3.52. The van der Waals surface area contributed by atoms with E-state index in [-0.39, 0.29) is 18.1 Å². The number of nitrogens with one attached hydrogen (secondary N) is 2. The summed E-state index contributed by atoms with van der Waals surface area (Å²) in [5.74, 6) is 1.67. The first-order chi connectivity index (χ1) is 14.1. The molecule has 3 rings (SSSR count). The fourth-order valence-electron chi connectivity index (χ4n) is 4.01. The van der Waals surface area contributed by atoms with Crippen LogP contribution >= 0.6 is 11.8 Å². The molecule has 0 bridgehead atoms. The number of thioether (sulfide) groups is 1. The maximum atomic E-state index is 12.0. The van der Waals surface area contributed by atoms with Gasteiger partial charge in [0.15, 0.2) is 5.96 Å². The smallest absolute Gasteiger partial charge is 0.243 e. The Kier molecular flexibility index (Phi) is 8.24. The van der Waals surface area contributed by atoms with Crippen LogP contribution in [0, 0.1) is 0 Å². The lowest BCUT2D eigenvalue weighted by atomic mass is 9.89. The first-order valence-corrected chi connectivity index (χ1v) is 11.6. The van der Waals surface area contributed by atoms with Crippen molar-refractivity contribution in [1.82, 2.24) is 15.5 Å². The number of amides is 1. The number of hydrogen-bond donors (Lipinski definition) is 2. The van der Waals surface area contributed by atoms with Crippen molar-refractivity contribution >= 4 is 23.6 Å². The van der Waals surface area contributed by atoms with Crippen molar-refractivity contribution < 1.29 is 9.53 Å². The molecule has 0 radical (unpaired) electrons. The molecule has 0 aromatic heterocycles. The van der Waals surface area contributed by atoms with E-state index in [2.05, 4.69) is 39.9 Å². The fourth-order valence-corrected chi connectivity index (χ4v) is 4.80. The van der Waals surface area contributed by atoms with Crippen molar-refractivity contribution in [2.45, 2.75) is 55.1 Å². The minimum Gasteiger partial charge on any atom is -0.375 e. The highest BCUT2D eigenvalue weighted by Crippen LogP contribution is 2.39. The molecule has 1 aromatic carbocycles. The molecule has 1 aromatic rings. The van der Waals surface area contributed by atoms with Gasteiger partial charge in [-0.1, -0.05) is 31.0 Å². The first-order valence-electron chi connectivity index (χ1n) is 10.6. The summed E-state index contributed by atoms with van der Waals surface area (Å²) < 4.78 is 6.15. The second kappa shape index (κ2) is 10.9. The van der Waals surface area contributed by atoms with Crippen LogP contribution in [-0.4, -0.2) is 68.0 Å². The zero-order valence-electron chi connectivity index (χ0n) is 17.7. The Morgan fingerprint density at radius 3 is 2.76 bits per heavy atom. The third-order valence-corrected chi connectivity index (χ3v) is 6.64. The van der Waals surface area contributed by atoms with Crippen molar-refractivity contribution in [2.75, 3.05) is 39.5 Å². The number of carbonyl (C=O) groups is 1. The number of rotatable bonds is 7. The van der Waals surface area contributed by atoms with Crippen LogP contribution in [0.5, 0.6) is 0 Å². The Bertz CT molecular complexity index is 675. The molecule has 1 spiro atoms. The van der Waals surface area contributed by atoms with Crippen molar-refractivity contribution in [3.05, 3.63) is 30.3 Å². The largest absolute Gasteiger partial charge is 0.375 e. The highest BCUT2D eigenvalue weighted by atomic mass is 32.2. The number of nitrogens with zero attached hydrogens (tertiary/aromatic N) is 2. The van der Waals surface area contributed by atoms with Gasteiger partial charge in [-0.2, -0.15) is 0 Å². The van der Waals surface area contributed by atoms with Gasteiger partial charge in [0, 0.05) is 43.9 Å². The quantitative estimate of drug-likeness (QED) is 0.308. The number of ether oxygens (including phenoxy) is 1. The van der Waals surface area contributed by atoms with Crippen LogP contribution in [0.4, 0.5) is 0 Å². The van der Waals surface area contributed by atoms with Crippen molar-refractivity contribution in [1.29, 1.82) is 0 Å². The lowest BCUT2D eigenvalue weighted by molar-refractivity contribution is -0.127. The predicted molar refractivity (Wildman–Crippen MR) is 119 cm³/mol. The summed E-state index contributed by atoms with van der Waals surface area (Å²) in [6.45, 7) is 1.74. The van der Waals surface area contributed by atoms with Gasteiger partial charge < -0.3 is 20.3 Å². The summed E-state index contributed by atoms with van der Waals surface area (Å²) in [6.07, 6.45) is 6.85. The van der Waals surface area contributed by atoms with Gasteiger partial charge in [-0.05, 0) is 37.8 Å². The molecule has 1 saturated carbocycles. The third kappa shape index (κ3) is 6.93. The average Bonchev–Trinajstić information content (AvgIpc) is 3.17. The van der Waals surface area contributed by atoms with E-state index in [9.17, 15) is 4.79 Å². The van der Waals surface area contributed by atoms with Gasteiger partial charge in [0.1, 0.15) is 6.54 Å². The molecule has 2 N–H and O–H groups in total. The van der Waals surface area contributed by atoms with Gasteiger partial charge in [0.05, 0.1) is 5.60 Å². The van der Waals surface area contributed by atoms with E-state index < -0.39 is 0 Å². The Labute approximate surface area is 178 Å². The van der Waals surface area contributed by atoms with Crippen molar-refractivity contribution in [2.24, 2.45) is 4.99 Å². The normalized spacial score (nSPS) is 21.2. The second-order valence-electron chi connectivity index (χ2n) is 8.11. The maximum Gasteiger partial charge on any atom is 0.243 e. The minimum absolute atomic E-state index is 0.00370. The van der Waals surface area contributed by atoms with Crippen LogP contribution in [0.2, 0.25) is 0 Å². The molecule has 29 heavy (non-hydrogen) atoms. The number of likely N-dealkylation sites (N-methyl/N-ethyl adjacent to an activating group) is 1. The molecule has 1 aliphatic carbocycles. The number of aliphatic imine (C=N–C) groups is 1. The van der Waals surface area contributed by atoms with Crippen molar-refractivity contribution in [3.63, 3.8) is 0 Å². The molecule has 1 saturated heterocycles. The summed E-state index contributed by atoms with van der Waals surface area (Å²) >= 11 is 1.81. The maximum absolute atomic E-state index is 12.0. The van der Waals surface area contributed by atoms with E-state index in [0.717, 1.165) is 50.5 Å². The Morgan fingerprint density at radius 2 is 2.03 bits per heavy atom. The number of hydrogen-bond acceptors (Lipinski definition) is 4. The van der Waals surface area contributed by atoms with Gasteiger partial charge >= 0.3 is 0 Å². The standard InChI is InChI=1S/C22H34N4O2S/c1-26(2)20(27)17-24-21(23-13-15-29-19-8-4-3-5-9-19)25-18-10-14-28-22(16-18)11-6-7-12-22/h3-5,8-9,18H,6-7,10-17H2,1-2H3,(H2,23,24,25). The van der Waals surface area contributed by atoms with E-state index in [4.69, 9.17) is 4.74 Å². The lowest BCUT2D eigenvalue weighted by Gasteiger charge is -2.39. The summed E-state index contributed by atoms with van der Waals surface area (Å²) in [4.78, 5) is 19.4. The number of guanidine groups is 1. The molecule has 2 aliphatic rings. The monoisotopic (exact) mass is 418 g/mol. The molecule has 1 heterocycles. The number of benzene rings is 1. The predicted octanol–water partition coefficient (Wildman–Crippen LogP) is 2.89. The van der Waals surface area contributed by atoms with Gasteiger partial charge in [0.25, 0.3) is 0 Å². The van der Waals surface area contributed by atoms with E-state index in [1.165, 1.54) is 17.7 Å². The highest BCUT2D eigenvalue weighted by Gasteiger charge is 2.40. The molecular formula is C22H34N4O2S. The van der Waals surface area contributed by atoms with Gasteiger partial charge in [-0.15, -0.1) is 11.8 Å². The Morgan fingerprint density at radius 1 is 1.28 bits per heavy atom. The van der Waals surface area contributed by atoms with Crippen LogP contribution in [0.1, 0.15) is 38.5 Å². The topological polar surface area (TPSA) is 66.0 Å². The fraction of sp³-hybridized carbons (Fsp3) is 0.636. The van der Waals surface area contributed by atoms with Crippen molar-refractivity contribution in [3.8, 4) is 0 Å². The lowest BCUT2D eigenvalue weighted by Crippen LogP contribution is -2.51. The van der Waals surface area contributed by atoms with E-state index in [0.29, 0.717) is 6.04 Å². The summed E-state index contributed by atoms with van der Waals surface area (Å²) in [6, 6.07) is 10.7. The zero-order valence-corrected chi connectivity index (χ0v) is 18.5. The zero-order chi connectivity index (χ0) is 20.5. The Balaban J connectivity index is 1.53. The molecule has 1 aliphatic heterocycles. The summed E-state index contributed by atoms with van der Waals surface area (Å²) in [5, 5.41) is 7.00. The minimum atomic E-state index is 0.00370. The average molecular weight is 419 g/mol. The second-order valence-corrected chi connectivity index (χ2v) is 9.28. The van der Waals surface area contributed by atoms with Crippen LogP contribution in [0.15, 0.2) is 40.2 Å². The molecule has 6 nitrogen and oxygen atoms in total. The van der Waals surface area contributed by atoms with Crippen LogP contribution in [0.25, 0.3) is 0 Å². The van der Waals surface area contributed by atoms with Gasteiger partial charge in [-0.3, -0.25) is 4.79 Å². The third-order valence-electron chi connectivity index (χ3n) is 5.63. The van der Waals surface area contributed by atoms with E-state index in [1.807, 2.05) is 17.8 Å². The van der Waals surface area contributed by atoms with Crippen LogP contribution < -0.4 is 10.6 Å². The SMILES string of the molecule is CN(C)C(=O)CN=C(NCCSc1ccccc1)NC1CCOC2(CCCC2)C1. The highest BCUT2D eigenvalue weighted by molar-refractivity contribution is 7.99. The van der Waals surface area contributed by atoms with Gasteiger partial charge in [0.2, 0.25) is 5.91 Å². The first kappa shape index (κ1) is 22.0. The van der Waals surface area contributed by atoms with Crippen LogP contribution in [-0.2, 0) is 9.53 Å². The molecule has 7 heteroatoms. The van der Waals surface area contributed by atoms with E-state index >= 15 is 0 Å². The van der Waals surface area contributed by atoms with Crippen LogP contribution in [0.3, 0.4) is 0 Å². The molecule has 160 valence electrons. The Hall–Kier alpha value is -1.73. The van der Waals surface area contributed by atoms with E-state index in [1.54, 1.807) is 19.0 Å². The molecule has 1 amide bonds. The number of carbonyl (C=O) groups excluding carboxylic acids is 1. The molecule has 2 fully saturated rings. The molecule has 1 atom stereocenters. The summed E-state index contributed by atoms with van der Waals surface area (Å²) in [5.41, 5.74) is 0.0592. The van der Waals surface area contributed by atoms with Gasteiger partial charge in [-0.25, -0.2) is 4.99 Å².